The molecule has 1 heterocycles. The number of rotatable bonds is 1. The van der Waals surface area contributed by atoms with Crippen molar-refractivity contribution in [2.45, 2.75) is 0 Å². The van der Waals surface area contributed by atoms with Crippen molar-refractivity contribution in [2.75, 3.05) is 0 Å². The molecule has 2 aliphatic rings. The molecule has 0 amide bonds. The Kier molecular flexibility index (Phi) is 2.64. The molecule has 0 aromatic rings. The van der Waals surface area contributed by atoms with Crippen molar-refractivity contribution < 1.29 is 0 Å². The van der Waals surface area contributed by atoms with Gasteiger partial charge >= 0.3 is 0 Å². The van der Waals surface area contributed by atoms with Crippen LogP contribution in [-0.4, -0.2) is 0 Å². The zero-order valence-corrected chi connectivity index (χ0v) is 7.49. The lowest BCUT2D eigenvalue weighted by atomic mass is 10.1. The van der Waals surface area contributed by atoms with Crippen LogP contribution in [0, 0.1) is 31.6 Å². The molecule has 2 heteroatoms. The van der Waals surface area contributed by atoms with Crippen LogP contribution in [0.3, 0.4) is 0 Å². The monoisotopic (exact) mass is 179 g/mol. The Bertz CT molecular complexity index is 178. The van der Waals surface area contributed by atoms with Gasteiger partial charge in [-0.2, -0.15) is 0 Å². The fourth-order valence-corrected chi connectivity index (χ4v) is 2.58. The van der Waals surface area contributed by atoms with Gasteiger partial charge in [0.1, 0.15) is 0 Å². The molecule has 0 saturated heterocycles. The lowest BCUT2D eigenvalue weighted by molar-refractivity contribution is 1.38. The van der Waals surface area contributed by atoms with E-state index in [2.05, 4.69) is 42.6 Å². The van der Waals surface area contributed by atoms with Crippen LogP contribution in [-0.2, 0) is 0 Å². The van der Waals surface area contributed by atoms with Gasteiger partial charge in [0, 0.05) is 10.2 Å². The van der Waals surface area contributed by atoms with Gasteiger partial charge in [0.25, 0.3) is 0 Å². The third-order valence-electron chi connectivity index (χ3n) is 1.40. The summed E-state index contributed by atoms with van der Waals surface area (Å²) in [5.41, 5.74) is 0. The summed E-state index contributed by atoms with van der Waals surface area (Å²) in [6.07, 6.45) is 10.6. The molecule has 11 heavy (non-hydrogen) atoms. The molecule has 0 unspecified atom stereocenters. The highest BCUT2D eigenvalue weighted by Gasteiger charge is 2.15. The van der Waals surface area contributed by atoms with Crippen molar-refractivity contribution in [3.63, 3.8) is 0 Å². The molecule has 1 saturated carbocycles. The van der Waals surface area contributed by atoms with Crippen molar-refractivity contribution in [1.82, 2.24) is 0 Å². The van der Waals surface area contributed by atoms with Crippen LogP contribution in [0.1, 0.15) is 0 Å². The molecule has 2 rings (SSSR count). The zero-order valence-electron chi connectivity index (χ0n) is 5.86. The van der Waals surface area contributed by atoms with Crippen molar-refractivity contribution >= 4 is 23.5 Å². The fraction of sp³-hybridized carbons (Fsp3) is 0. The number of thioether (sulfide) groups is 2. The average molecular weight is 179 g/mol. The summed E-state index contributed by atoms with van der Waals surface area (Å²) < 4.78 is 1.36. The van der Waals surface area contributed by atoms with E-state index in [-0.39, 0.29) is 0 Å². The molecular weight excluding hydrogens is 172 g/mol. The van der Waals surface area contributed by atoms with Crippen LogP contribution in [0.25, 0.3) is 0 Å². The molecule has 0 atom stereocenters. The predicted molar refractivity (Wildman–Crippen MR) is 52.8 cm³/mol. The van der Waals surface area contributed by atoms with Crippen molar-refractivity contribution in [3.8, 4) is 0 Å². The van der Waals surface area contributed by atoms with Crippen molar-refractivity contribution in [2.24, 2.45) is 0 Å². The quantitative estimate of drug-likeness (QED) is 0.606. The normalized spacial score (nSPS) is 24.9. The smallest absolute Gasteiger partial charge is 0.0453 e. The first-order chi connectivity index (χ1) is 5.45. The van der Waals surface area contributed by atoms with Gasteiger partial charge < -0.3 is 0 Å². The summed E-state index contributed by atoms with van der Waals surface area (Å²) in [5.74, 6) is 1.30. The van der Waals surface area contributed by atoms with Gasteiger partial charge in [-0.1, -0.05) is 29.6 Å². The molecule has 55 valence electrons. The Hall–Kier alpha value is 0.180. The molecular formula is C9H7S2. The van der Waals surface area contributed by atoms with E-state index in [0.29, 0.717) is 0 Å². The van der Waals surface area contributed by atoms with Crippen LogP contribution in [0.2, 0.25) is 0 Å². The van der Waals surface area contributed by atoms with Crippen molar-refractivity contribution in [3.05, 3.63) is 52.7 Å². The third-order valence-corrected chi connectivity index (χ3v) is 3.39. The number of hydrogen-bond acceptors (Lipinski definition) is 2. The minimum absolute atomic E-state index is 1.30. The fourth-order valence-electron chi connectivity index (χ4n) is 0.907. The van der Waals surface area contributed by atoms with E-state index < -0.39 is 0 Å². The Balaban J connectivity index is 1.91. The van der Waals surface area contributed by atoms with E-state index in [1.54, 1.807) is 23.5 Å². The second-order valence-corrected chi connectivity index (χ2v) is 4.34. The first kappa shape index (κ1) is 7.81. The van der Waals surface area contributed by atoms with E-state index in [1.807, 2.05) is 0 Å². The maximum Gasteiger partial charge on any atom is 0.0453 e. The highest BCUT2D eigenvalue weighted by molar-refractivity contribution is 8.27. The summed E-state index contributed by atoms with van der Waals surface area (Å²) in [5, 5.41) is 4.22. The maximum absolute atomic E-state index is 2.20. The SMILES string of the molecule is [CH]1[CH][CH][C](C=C2SC=CS2)[CH]1. The Labute approximate surface area is 76.5 Å². The van der Waals surface area contributed by atoms with Crippen molar-refractivity contribution in [1.29, 1.82) is 0 Å². The number of allylic oxidation sites excluding steroid dienone is 1. The second-order valence-electron chi connectivity index (χ2n) is 2.19. The summed E-state index contributed by atoms with van der Waals surface area (Å²) >= 11 is 3.57. The average Bonchev–Trinajstić information content (AvgIpc) is 2.60. The first-order valence-electron chi connectivity index (χ1n) is 3.37. The Morgan fingerprint density at radius 3 is 2.27 bits per heavy atom. The third kappa shape index (κ3) is 2.06. The minimum Gasteiger partial charge on any atom is -0.0905 e. The van der Waals surface area contributed by atoms with Gasteiger partial charge in [-0.3, -0.25) is 0 Å². The van der Waals surface area contributed by atoms with Crippen LogP contribution in [0.15, 0.2) is 21.1 Å². The number of hydrogen-bond donors (Lipinski definition) is 0. The zero-order chi connectivity index (χ0) is 7.52. The van der Waals surface area contributed by atoms with E-state index >= 15 is 0 Å². The summed E-state index contributed by atoms with van der Waals surface area (Å²) in [4.78, 5) is 0. The molecule has 0 aromatic heterocycles. The van der Waals surface area contributed by atoms with Crippen LogP contribution < -0.4 is 0 Å². The van der Waals surface area contributed by atoms with Crippen LogP contribution in [0.5, 0.6) is 0 Å². The van der Waals surface area contributed by atoms with E-state index in [9.17, 15) is 0 Å². The van der Waals surface area contributed by atoms with Gasteiger partial charge in [0.15, 0.2) is 0 Å². The molecule has 0 spiro atoms. The standard InChI is InChI=1S/C9H7S2/c1-2-4-8(3-1)7-9-10-5-6-11-9/h1-7H. The molecule has 0 nitrogen and oxygen atoms in total. The minimum atomic E-state index is 1.30. The molecule has 1 fully saturated rings. The summed E-state index contributed by atoms with van der Waals surface area (Å²) in [7, 11) is 0. The van der Waals surface area contributed by atoms with Crippen LogP contribution in [0.4, 0.5) is 0 Å². The highest BCUT2D eigenvalue weighted by atomic mass is 32.2. The lowest BCUT2D eigenvalue weighted by Gasteiger charge is -2.00. The van der Waals surface area contributed by atoms with Gasteiger partial charge in [-0.25, -0.2) is 0 Å². The Morgan fingerprint density at radius 2 is 1.64 bits per heavy atom. The van der Waals surface area contributed by atoms with Gasteiger partial charge in [-0.05, 0) is 36.5 Å². The summed E-state index contributed by atoms with van der Waals surface area (Å²) in [6.45, 7) is 0. The topological polar surface area (TPSA) is 0 Å². The second kappa shape index (κ2) is 3.72. The van der Waals surface area contributed by atoms with Gasteiger partial charge in [-0.15, -0.1) is 0 Å². The molecule has 0 N–H and O–H groups in total. The predicted octanol–water partition coefficient (Wildman–Crippen LogP) is 3.18. The largest absolute Gasteiger partial charge is 0.0905 e. The van der Waals surface area contributed by atoms with E-state index in [1.165, 1.54) is 10.2 Å². The van der Waals surface area contributed by atoms with Gasteiger partial charge in [0.05, 0.1) is 0 Å². The van der Waals surface area contributed by atoms with Gasteiger partial charge in [0.2, 0.25) is 0 Å². The molecule has 1 aliphatic heterocycles. The first-order valence-corrected chi connectivity index (χ1v) is 5.13. The molecule has 0 aromatic carbocycles. The lowest BCUT2D eigenvalue weighted by Crippen LogP contribution is -1.84. The summed E-state index contributed by atoms with van der Waals surface area (Å²) in [6, 6.07) is 0. The molecule has 0 bridgehead atoms. The van der Waals surface area contributed by atoms with Crippen LogP contribution >= 0.6 is 23.5 Å². The maximum atomic E-state index is 2.20. The van der Waals surface area contributed by atoms with E-state index in [4.69, 9.17) is 0 Å². The molecule has 5 radical (unpaired) electrons. The molecule has 1 aliphatic carbocycles. The highest BCUT2D eigenvalue weighted by Crippen LogP contribution is 2.40. The van der Waals surface area contributed by atoms with E-state index in [0.717, 1.165) is 0 Å². The Morgan fingerprint density at radius 1 is 1.00 bits per heavy atom.